The molecule has 0 aliphatic rings. The average molecular weight is 326 g/mol. The number of rotatable bonds is 14. The van der Waals surface area contributed by atoms with Crippen molar-refractivity contribution in [1.29, 1.82) is 0 Å². The lowest BCUT2D eigenvalue weighted by molar-refractivity contribution is -0.144. The minimum absolute atomic E-state index is 0.237. The molecule has 1 aromatic carbocycles. The summed E-state index contributed by atoms with van der Waals surface area (Å²) >= 11 is 0. The van der Waals surface area contributed by atoms with Crippen molar-refractivity contribution in [3.8, 4) is 5.75 Å². The third kappa shape index (κ3) is 11.6. The molecule has 1 aromatic rings. The van der Waals surface area contributed by atoms with Gasteiger partial charge in [-0.3, -0.25) is 4.79 Å². The molecule has 1 rings (SSSR count). The number of para-hydroxylation sites is 1. The van der Waals surface area contributed by atoms with Crippen molar-refractivity contribution in [2.24, 2.45) is 0 Å². The fourth-order valence-corrected chi connectivity index (χ4v) is 1.67. The first kappa shape index (κ1) is 19.4. The zero-order valence-corrected chi connectivity index (χ0v) is 13.7. The fraction of sp³-hybridized carbons (Fsp3) is 0.588. The summed E-state index contributed by atoms with van der Waals surface area (Å²) in [5.74, 6) is 0.604. The SMILES string of the molecule is CCOC(=O)CCOCCOCCOCCOc1ccccc1. The minimum Gasteiger partial charge on any atom is -0.491 e. The van der Waals surface area contributed by atoms with E-state index in [1.807, 2.05) is 30.3 Å². The van der Waals surface area contributed by atoms with E-state index in [1.165, 1.54) is 0 Å². The minimum atomic E-state index is -0.237. The Morgan fingerprint density at radius 1 is 0.826 bits per heavy atom. The highest BCUT2D eigenvalue weighted by atomic mass is 16.6. The van der Waals surface area contributed by atoms with Gasteiger partial charge >= 0.3 is 5.97 Å². The Labute approximate surface area is 137 Å². The first-order valence-electron chi connectivity index (χ1n) is 7.89. The zero-order valence-electron chi connectivity index (χ0n) is 13.7. The van der Waals surface area contributed by atoms with Gasteiger partial charge < -0.3 is 23.7 Å². The number of esters is 1. The Hall–Kier alpha value is -1.63. The van der Waals surface area contributed by atoms with Gasteiger partial charge in [0.2, 0.25) is 0 Å². The van der Waals surface area contributed by atoms with Crippen molar-refractivity contribution in [1.82, 2.24) is 0 Å². The quantitative estimate of drug-likeness (QED) is 0.385. The fourth-order valence-electron chi connectivity index (χ4n) is 1.67. The largest absolute Gasteiger partial charge is 0.491 e. The van der Waals surface area contributed by atoms with Gasteiger partial charge in [0.1, 0.15) is 12.4 Å². The molecular formula is C17H26O6. The van der Waals surface area contributed by atoms with Gasteiger partial charge in [-0.15, -0.1) is 0 Å². The molecule has 23 heavy (non-hydrogen) atoms. The molecule has 0 saturated carbocycles. The first-order valence-corrected chi connectivity index (χ1v) is 7.89. The van der Waals surface area contributed by atoms with Crippen LogP contribution >= 0.6 is 0 Å². The summed E-state index contributed by atoms with van der Waals surface area (Å²) in [7, 11) is 0. The van der Waals surface area contributed by atoms with Crippen molar-refractivity contribution < 1.29 is 28.5 Å². The van der Waals surface area contributed by atoms with E-state index in [0.29, 0.717) is 52.9 Å². The van der Waals surface area contributed by atoms with E-state index in [-0.39, 0.29) is 12.4 Å². The summed E-state index contributed by atoms with van der Waals surface area (Å²) in [6, 6.07) is 9.62. The zero-order chi connectivity index (χ0) is 16.6. The second-order valence-electron chi connectivity index (χ2n) is 4.55. The predicted octanol–water partition coefficient (Wildman–Crippen LogP) is 2.07. The van der Waals surface area contributed by atoms with E-state index in [1.54, 1.807) is 6.92 Å². The number of ether oxygens (including phenoxy) is 5. The number of benzene rings is 1. The van der Waals surface area contributed by atoms with E-state index < -0.39 is 0 Å². The Morgan fingerprint density at radius 3 is 2.00 bits per heavy atom. The van der Waals surface area contributed by atoms with Gasteiger partial charge in [0, 0.05) is 0 Å². The van der Waals surface area contributed by atoms with Gasteiger partial charge in [-0.2, -0.15) is 0 Å². The molecule has 130 valence electrons. The molecule has 0 saturated heterocycles. The molecule has 0 aliphatic carbocycles. The summed E-state index contributed by atoms with van der Waals surface area (Å²) < 4.78 is 26.3. The highest BCUT2D eigenvalue weighted by Gasteiger charge is 2.00. The van der Waals surface area contributed by atoms with Crippen LogP contribution in [0.25, 0.3) is 0 Å². The molecule has 0 unspecified atom stereocenters. The van der Waals surface area contributed by atoms with Crippen LogP contribution < -0.4 is 4.74 Å². The van der Waals surface area contributed by atoms with Crippen LogP contribution in [0, 0.1) is 0 Å². The summed E-state index contributed by atoms with van der Waals surface area (Å²) in [4.78, 5) is 11.0. The molecule has 6 nitrogen and oxygen atoms in total. The van der Waals surface area contributed by atoms with Crippen LogP contribution in [0.1, 0.15) is 13.3 Å². The monoisotopic (exact) mass is 326 g/mol. The predicted molar refractivity (Wildman–Crippen MR) is 85.6 cm³/mol. The van der Waals surface area contributed by atoms with Crippen LogP contribution in [0.3, 0.4) is 0 Å². The van der Waals surface area contributed by atoms with Crippen molar-refractivity contribution in [2.45, 2.75) is 13.3 Å². The van der Waals surface area contributed by atoms with Crippen LogP contribution in [0.2, 0.25) is 0 Å². The van der Waals surface area contributed by atoms with E-state index >= 15 is 0 Å². The van der Waals surface area contributed by atoms with Gasteiger partial charge in [-0.25, -0.2) is 0 Å². The molecule has 0 N–H and O–H groups in total. The number of hydrogen-bond donors (Lipinski definition) is 0. The van der Waals surface area contributed by atoms with Crippen molar-refractivity contribution >= 4 is 5.97 Å². The van der Waals surface area contributed by atoms with Crippen molar-refractivity contribution in [2.75, 3.05) is 52.9 Å². The summed E-state index contributed by atoms with van der Waals surface area (Å²) in [5.41, 5.74) is 0. The van der Waals surface area contributed by atoms with E-state index in [9.17, 15) is 4.79 Å². The van der Waals surface area contributed by atoms with Gasteiger partial charge in [-0.05, 0) is 19.1 Å². The Balaban J connectivity index is 1.77. The molecule has 0 aliphatic heterocycles. The maximum Gasteiger partial charge on any atom is 0.308 e. The standard InChI is InChI=1S/C17H26O6/c1-2-22-17(18)8-9-19-10-11-20-12-13-21-14-15-23-16-6-4-3-5-7-16/h3-7H,2,8-15H2,1H3. The lowest BCUT2D eigenvalue weighted by Crippen LogP contribution is -2.14. The maximum absolute atomic E-state index is 11.0. The number of carbonyl (C=O) groups excluding carboxylic acids is 1. The number of carbonyl (C=O) groups is 1. The molecule has 0 aromatic heterocycles. The molecule has 0 radical (unpaired) electrons. The molecule has 0 heterocycles. The highest BCUT2D eigenvalue weighted by Crippen LogP contribution is 2.07. The third-order valence-corrected chi connectivity index (χ3v) is 2.74. The van der Waals surface area contributed by atoms with Crippen LogP contribution in [0.4, 0.5) is 0 Å². The van der Waals surface area contributed by atoms with E-state index in [4.69, 9.17) is 23.7 Å². The van der Waals surface area contributed by atoms with Gasteiger partial charge in [-0.1, -0.05) is 18.2 Å². The van der Waals surface area contributed by atoms with Gasteiger partial charge in [0.05, 0.1) is 52.7 Å². The summed E-state index contributed by atoms with van der Waals surface area (Å²) in [6.45, 7) is 5.53. The summed E-state index contributed by atoms with van der Waals surface area (Å²) in [6.07, 6.45) is 0.276. The number of hydrogen-bond acceptors (Lipinski definition) is 6. The lowest BCUT2D eigenvalue weighted by Gasteiger charge is -2.08. The average Bonchev–Trinajstić information content (AvgIpc) is 2.57. The van der Waals surface area contributed by atoms with Crippen LogP contribution in [0.5, 0.6) is 5.75 Å². The van der Waals surface area contributed by atoms with Crippen molar-refractivity contribution in [3.63, 3.8) is 0 Å². The lowest BCUT2D eigenvalue weighted by atomic mass is 10.3. The Bertz CT molecular complexity index is 395. The Kier molecular flexibility index (Phi) is 11.8. The smallest absolute Gasteiger partial charge is 0.308 e. The second-order valence-corrected chi connectivity index (χ2v) is 4.55. The molecule has 0 fully saturated rings. The van der Waals surface area contributed by atoms with Crippen LogP contribution in [0.15, 0.2) is 30.3 Å². The molecular weight excluding hydrogens is 300 g/mol. The summed E-state index contributed by atoms with van der Waals surface area (Å²) in [5, 5.41) is 0. The molecule has 0 spiro atoms. The van der Waals surface area contributed by atoms with Crippen LogP contribution in [-0.4, -0.2) is 58.8 Å². The molecule has 0 bridgehead atoms. The van der Waals surface area contributed by atoms with Crippen LogP contribution in [-0.2, 0) is 23.7 Å². The Morgan fingerprint density at radius 2 is 1.39 bits per heavy atom. The highest BCUT2D eigenvalue weighted by molar-refractivity contribution is 5.69. The molecule has 0 amide bonds. The third-order valence-electron chi connectivity index (χ3n) is 2.74. The molecule has 6 heteroatoms. The van der Waals surface area contributed by atoms with E-state index in [0.717, 1.165) is 5.75 Å². The van der Waals surface area contributed by atoms with E-state index in [2.05, 4.69) is 0 Å². The van der Waals surface area contributed by atoms with Crippen molar-refractivity contribution in [3.05, 3.63) is 30.3 Å². The van der Waals surface area contributed by atoms with Gasteiger partial charge in [0.25, 0.3) is 0 Å². The van der Waals surface area contributed by atoms with Gasteiger partial charge in [0.15, 0.2) is 0 Å². The normalized spacial score (nSPS) is 10.5. The molecule has 0 atom stereocenters. The topological polar surface area (TPSA) is 63.2 Å². The maximum atomic E-state index is 11.0. The second kappa shape index (κ2) is 14.0. The first-order chi connectivity index (χ1) is 11.3.